The van der Waals surface area contributed by atoms with Crippen molar-refractivity contribution < 1.29 is 8.78 Å². The Balaban J connectivity index is 0.000000264. The summed E-state index contributed by atoms with van der Waals surface area (Å²) in [5, 5.41) is 6.54. The van der Waals surface area contributed by atoms with Crippen molar-refractivity contribution in [2.24, 2.45) is 0 Å². The minimum absolute atomic E-state index is 0.500. The molecule has 3 rings (SSSR count). The van der Waals surface area contributed by atoms with Crippen LogP contribution in [-0.4, -0.2) is 68.7 Å². The van der Waals surface area contributed by atoms with Gasteiger partial charge in [-0.3, -0.25) is 4.90 Å². The molecule has 0 aromatic heterocycles. The van der Waals surface area contributed by atoms with E-state index in [1.807, 2.05) is 13.8 Å². The van der Waals surface area contributed by atoms with Crippen molar-refractivity contribution in [3.63, 3.8) is 0 Å². The predicted octanol–water partition coefficient (Wildman–Crippen LogP) is 2.31. The van der Waals surface area contributed by atoms with E-state index in [1.54, 1.807) is 0 Å². The molecule has 4 nitrogen and oxygen atoms in total. The summed E-state index contributed by atoms with van der Waals surface area (Å²) >= 11 is 0. The molecule has 2 fully saturated rings. The number of hydrogen-bond acceptors (Lipinski definition) is 4. The SMILES string of the molecule is CC.CCN1CCNCC1.Fc1cc(F)cc(CN2CCNCC2)c1. The Morgan fingerprint density at radius 2 is 1.24 bits per heavy atom. The average Bonchev–Trinajstić information content (AvgIpc) is 2.64. The molecule has 0 aliphatic carbocycles. The number of hydrogen-bond donors (Lipinski definition) is 2. The zero-order chi connectivity index (χ0) is 18.5. The van der Waals surface area contributed by atoms with E-state index >= 15 is 0 Å². The van der Waals surface area contributed by atoms with Crippen molar-refractivity contribution in [2.75, 3.05) is 58.9 Å². The number of rotatable bonds is 3. The summed E-state index contributed by atoms with van der Waals surface area (Å²) in [6.45, 7) is 16.6. The quantitative estimate of drug-likeness (QED) is 0.870. The second-order valence-corrected chi connectivity index (χ2v) is 5.99. The standard InChI is InChI=1S/C11H14F2N2.C6H14N2.C2H6/c12-10-5-9(6-11(13)7-10)8-15-3-1-14-2-4-15;1-2-8-5-3-7-4-6-8;1-2/h5-7,14H,1-4,8H2;7H,2-6H2,1H3;1-2H3. The van der Waals surface area contributed by atoms with Crippen LogP contribution in [-0.2, 0) is 6.54 Å². The normalized spacial score (nSPS) is 18.6. The fourth-order valence-corrected chi connectivity index (χ4v) is 2.86. The molecule has 2 aliphatic heterocycles. The number of piperazine rings is 2. The number of nitrogens with zero attached hydrogens (tertiary/aromatic N) is 2. The van der Waals surface area contributed by atoms with Crippen LogP contribution < -0.4 is 10.6 Å². The monoisotopic (exact) mass is 356 g/mol. The van der Waals surface area contributed by atoms with Crippen molar-refractivity contribution >= 4 is 0 Å². The van der Waals surface area contributed by atoms with Crippen molar-refractivity contribution in [1.82, 2.24) is 20.4 Å². The molecular formula is C19H34F2N4. The lowest BCUT2D eigenvalue weighted by atomic mass is 10.2. The van der Waals surface area contributed by atoms with E-state index in [0.717, 1.165) is 32.2 Å². The number of nitrogens with one attached hydrogen (secondary N) is 2. The maximum atomic E-state index is 12.9. The van der Waals surface area contributed by atoms with Crippen LogP contribution in [0.5, 0.6) is 0 Å². The molecule has 0 spiro atoms. The molecule has 0 atom stereocenters. The van der Waals surface area contributed by atoms with Gasteiger partial charge in [0.15, 0.2) is 0 Å². The number of benzene rings is 1. The van der Waals surface area contributed by atoms with Gasteiger partial charge in [0.1, 0.15) is 11.6 Å². The second-order valence-electron chi connectivity index (χ2n) is 5.99. The fraction of sp³-hybridized carbons (Fsp3) is 0.684. The Hall–Kier alpha value is -1.08. The van der Waals surface area contributed by atoms with E-state index in [2.05, 4.69) is 27.4 Å². The highest BCUT2D eigenvalue weighted by molar-refractivity contribution is 5.17. The van der Waals surface area contributed by atoms with Crippen LogP contribution in [0.3, 0.4) is 0 Å². The lowest BCUT2D eigenvalue weighted by molar-refractivity contribution is 0.232. The fourth-order valence-electron chi connectivity index (χ4n) is 2.86. The third kappa shape index (κ3) is 9.26. The first-order valence-corrected chi connectivity index (χ1v) is 9.48. The van der Waals surface area contributed by atoms with Gasteiger partial charge in [-0.1, -0.05) is 20.8 Å². The first-order chi connectivity index (χ1) is 12.2. The van der Waals surface area contributed by atoms with Gasteiger partial charge < -0.3 is 15.5 Å². The second kappa shape index (κ2) is 13.2. The smallest absolute Gasteiger partial charge is 0.126 e. The Morgan fingerprint density at radius 3 is 1.64 bits per heavy atom. The third-order valence-corrected chi connectivity index (χ3v) is 4.19. The third-order valence-electron chi connectivity index (χ3n) is 4.19. The summed E-state index contributed by atoms with van der Waals surface area (Å²) in [4.78, 5) is 4.64. The minimum Gasteiger partial charge on any atom is -0.314 e. The summed E-state index contributed by atoms with van der Waals surface area (Å²) in [5.41, 5.74) is 0.703. The largest absolute Gasteiger partial charge is 0.314 e. The van der Waals surface area contributed by atoms with Crippen LogP contribution in [0.25, 0.3) is 0 Å². The van der Waals surface area contributed by atoms with Gasteiger partial charge >= 0.3 is 0 Å². The summed E-state index contributed by atoms with van der Waals surface area (Å²) < 4.78 is 25.8. The average molecular weight is 357 g/mol. The molecule has 144 valence electrons. The molecular weight excluding hydrogens is 322 g/mol. The van der Waals surface area contributed by atoms with E-state index in [4.69, 9.17) is 0 Å². The van der Waals surface area contributed by atoms with Gasteiger partial charge in [0, 0.05) is 65.0 Å². The van der Waals surface area contributed by atoms with Crippen LogP contribution in [0.4, 0.5) is 8.78 Å². The van der Waals surface area contributed by atoms with E-state index in [-0.39, 0.29) is 0 Å². The first-order valence-electron chi connectivity index (χ1n) is 9.48. The lowest BCUT2D eigenvalue weighted by Gasteiger charge is -2.27. The summed E-state index contributed by atoms with van der Waals surface area (Å²) in [7, 11) is 0. The van der Waals surface area contributed by atoms with Crippen molar-refractivity contribution in [2.45, 2.75) is 27.3 Å². The van der Waals surface area contributed by atoms with E-state index in [0.29, 0.717) is 12.1 Å². The van der Waals surface area contributed by atoms with Gasteiger partial charge in [0.05, 0.1) is 0 Å². The Labute approximate surface area is 151 Å². The molecule has 1 aromatic rings. The molecule has 0 saturated carbocycles. The van der Waals surface area contributed by atoms with E-state index in [9.17, 15) is 8.78 Å². The molecule has 0 bridgehead atoms. The Bertz CT molecular complexity index is 438. The molecule has 0 radical (unpaired) electrons. The molecule has 0 unspecified atom stereocenters. The summed E-state index contributed by atoms with van der Waals surface area (Å²) in [5.74, 6) is -1.000. The van der Waals surface area contributed by atoms with Crippen molar-refractivity contribution in [3.05, 3.63) is 35.4 Å². The van der Waals surface area contributed by atoms with Gasteiger partial charge in [0.2, 0.25) is 0 Å². The van der Waals surface area contributed by atoms with Crippen LogP contribution in [0.2, 0.25) is 0 Å². The molecule has 0 amide bonds. The van der Waals surface area contributed by atoms with Gasteiger partial charge in [-0.25, -0.2) is 8.78 Å². The number of likely N-dealkylation sites (N-methyl/N-ethyl adjacent to an activating group) is 1. The molecule has 6 heteroatoms. The predicted molar refractivity (Wildman–Crippen MR) is 101 cm³/mol. The molecule has 2 aliphatic rings. The van der Waals surface area contributed by atoms with Crippen LogP contribution in [0.1, 0.15) is 26.3 Å². The number of halogens is 2. The molecule has 1 aromatic carbocycles. The van der Waals surface area contributed by atoms with E-state index < -0.39 is 11.6 Å². The lowest BCUT2D eigenvalue weighted by Crippen LogP contribution is -2.43. The van der Waals surface area contributed by atoms with Gasteiger partial charge in [-0.2, -0.15) is 0 Å². The molecule has 2 saturated heterocycles. The zero-order valence-corrected chi connectivity index (χ0v) is 16.0. The van der Waals surface area contributed by atoms with Crippen molar-refractivity contribution in [3.8, 4) is 0 Å². The Kier molecular flexibility index (Phi) is 11.6. The zero-order valence-electron chi connectivity index (χ0n) is 16.0. The van der Waals surface area contributed by atoms with Gasteiger partial charge in [-0.15, -0.1) is 0 Å². The molecule has 25 heavy (non-hydrogen) atoms. The van der Waals surface area contributed by atoms with Crippen LogP contribution in [0.15, 0.2) is 18.2 Å². The van der Waals surface area contributed by atoms with Crippen molar-refractivity contribution in [1.29, 1.82) is 0 Å². The van der Waals surface area contributed by atoms with Crippen LogP contribution in [0, 0.1) is 11.6 Å². The highest BCUT2D eigenvalue weighted by Gasteiger charge is 2.10. The minimum atomic E-state index is -0.500. The van der Waals surface area contributed by atoms with E-state index in [1.165, 1.54) is 44.9 Å². The molecule has 2 N–H and O–H groups in total. The maximum absolute atomic E-state index is 12.9. The highest BCUT2D eigenvalue weighted by atomic mass is 19.1. The van der Waals surface area contributed by atoms with Gasteiger partial charge in [0.25, 0.3) is 0 Å². The van der Waals surface area contributed by atoms with Crippen LogP contribution >= 0.6 is 0 Å². The van der Waals surface area contributed by atoms with Gasteiger partial charge in [-0.05, 0) is 24.2 Å². The topological polar surface area (TPSA) is 30.5 Å². The summed E-state index contributed by atoms with van der Waals surface area (Å²) in [6, 6.07) is 3.69. The maximum Gasteiger partial charge on any atom is 0.126 e. The molecule has 2 heterocycles. The first kappa shape index (κ1) is 22.0. The Morgan fingerprint density at radius 1 is 0.800 bits per heavy atom. The highest BCUT2D eigenvalue weighted by Crippen LogP contribution is 2.10. The summed E-state index contributed by atoms with van der Waals surface area (Å²) in [6.07, 6.45) is 0.